The Balaban J connectivity index is 1.16. The molecule has 0 amide bonds. The van der Waals surface area contributed by atoms with Gasteiger partial charge in [-0.05, 0) is 47.5 Å². The quantitative estimate of drug-likeness (QED) is 0.141. The molecule has 0 aliphatic carbocycles. The van der Waals surface area contributed by atoms with E-state index in [-0.39, 0.29) is 18.2 Å². The molecule has 0 aliphatic heterocycles. The summed E-state index contributed by atoms with van der Waals surface area (Å²) in [5.41, 5.74) is 2.67. The molecule has 0 aliphatic rings. The third-order valence-corrected chi connectivity index (χ3v) is 8.47. The van der Waals surface area contributed by atoms with Gasteiger partial charge in [-0.1, -0.05) is 97.1 Å². The molecular formula is C38H28O6S. The van der Waals surface area contributed by atoms with Crippen molar-refractivity contribution in [2.24, 2.45) is 0 Å². The molecule has 5 aromatic carbocycles. The number of Topliss-reactive ketones (excluding diaryl/α,β-unsaturated/α-hetero) is 2. The van der Waals surface area contributed by atoms with Crippen molar-refractivity contribution in [3.8, 4) is 11.5 Å². The predicted octanol–water partition coefficient (Wildman–Crippen LogP) is 7.89. The molecule has 0 fully saturated rings. The molecular weight excluding hydrogens is 584 g/mol. The van der Waals surface area contributed by atoms with Crippen LogP contribution in [-0.2, 0) is 6.61 Å². The molecule has 222 valence electrons. The van der Waals surface area contributed by atoms with Crippen LogP contribution in [0, 0.1) is 0 Å². The van der Waals surface area contributed by atoms with Crippen LogP contribution in [-0.4, -0.2) is 29.1 Å². The first kappa shape index (κ1) is 29.7. The fourth-order valence-corrected chi connectivity index (χ4v) is 5.98. The highest BCUT2D eigenvalue weighted by Gasteiger charge is 2.24. The number of carbonyl (C=O) groups is 3. The number of ketones is 3. The SMILES string of the molecule is O=C(COc1c(C(=O)c2ccc(C(O)C(=O)c3ccccc3)cc2)sc2ccccc12)c1ccc(OCc2ccccc2)cc1. The zero-order valence-corrected chi connectivity index (χ0v) is 24.9. The molecule has 0 bridgehead atoms. The van der Waals surface area contributed by atoms with E-state index in [2.05, 4.69) is 0 Å². The summed E-state index contributed by atoms with van der Waals surface area (Å²) < 4.78 is 12.7. The van der Waals surface area contributed by atoms with Gasteiger partial charge in [0, 0.05) is 26.8 Å². The lowest BCUT2D eigenvalue weighted by Gasteiger charge is -2.11. The molecule has 45 heavy (non-hydrogen) atoms. The summed E-state index contributed by atoms with van der Waals surface area (Å²) in [5.74, 6) is 0.0544. The fraction of sp³-hybridized carbons (Fsp3) is 0.0789. The molecule has 1 atom stereocenters. The summed E-state index contributed by atoms with van der Waals surface area (Å²) in [4.78, 5) is 39.8. The van der Waals surface area contributed by atoms with E-state index in [4.69, 9.17) is 9.47 Å². The zero-order valence-electron chi connectivity index (χ0n) is 24.1. The highest BCUT2D eigenvalue weighted by molar-refractivity contribution is 7.21. The van der Waals surface area contributed by atoms with Crippen LogP contribution >= 0.6 is 11.3 Å². The van der Waals surface area contributed by atoms with Crippen molar-refractivity contribution in [1.82, 2.24) is 0 Å². The molecule has 0 spiro atoms. The highest BCUT2D eigenvalue weighted by atomic mass is 32.1. The molecule has 6 nitrogen and oxygen atoms in total. The van der Waals surface area contributed by atoms with Crippen molar-refractivity contribution >= 4 is 38.8 Å². The minimum Gasteiger partial charge on any atom is -0.489 e. The van der Waals surface area contributed by atoms with E-state index in [0.717, 1.165) is 15.6 Å². The molecule has 0 saturated carbocycles. The van der Waals surface area contributed by atoms with Crippen molar-refractivity contribution < 1.29 is 29.0 Å². The fourth-order valence-electron chi connectivity index (χ4n) is 4.87. The third kappa shape index (κ3) is 6.75. The van der Waals surface area contributed by atoms with E-state index in [1.165, 1.54) is 11.3 Å². The number of aliphatic hydroxyl groups excluding tert-OH is 1. The van der Waals surface area contributed by atoms with Crippen LogP contribution < -0.4 is 9.47 Å². The highest BCUT2D eigenvalue weighted by Crippen LogP contribution is 2.39. The maximum atomic E-state index is 13.7. The molecule has 1 N–H and O–H groups in total. The van der Waals surface area contributed by atoms with Gasteiger partial charge in [-0.15, -0.1) is 11.3 Å². The molecule has 6 rings (SSSR count). The van der Waals surface area contributed by atoms with Gasteiger partial charge in [0.1, 0.15) is 29.1 Å². The first-order valence-corrected chi connectivity index (χ1v) is 15.2. The lowest BCUT2D eigenvalue weighted by Crippen LogP contribution is -2.13. The maximum Gasteiger partial charge on any atom is 0.206 e. The summed E-state index contributed by atoms with van der Waals surface area (Å²) >= 11 is 1.29. The van der Waals surface area contributed by atoms with Gasteiger partial charge in [0.15, 0.2) is 18.2 Å². The number of hydrogen-bond acceptors (Lipinski definition) is 7. The average Bonchev–Trinajstić information content (AvgIpc) is 3.48. The Kier molecular flexibility index (Phi) is 8.91. The first-order valence-electron chi connectivity index (χ1n) is 14.3. The number of hydrogen-bond donors (Lipinski definition) is 1. The average molecular weight is 613 g/mol. The predicted molar refractivity (Wildman–Crippen MR) is 174 cm³/mol. The molecule has 1 aromatic heterocycles. The minimum atomic E-state index is -1.35. The van der Waals surface area contributed by atoms with Gasteiger partial charge >= 0.3 is 0 Å². The van der Waals surface area contributed by atoms with Crippen molar-refractivity contribution in [1.29, 1.82) is 0 Å². The van der Waals surface area contributed by atoms with Gasteiger partial charge in [0.2, 0.25) is 5.78 Å². The summed E-state index contributed by atoms with van der Waals surface area (Å²) in [6, 6.07) is 39.1. The van der Waals surface area contributed by atoms with Crippen molar-refractivity contribution in [2.45, 2.75) is 12.7 Å². The van der Waals surface area contributed by atoms with E-state index in [1.807, 2.05) is 54.6 Å². The van der Waals surface area contributed by atoms with Gasteiger partial charge in [0.25, 0.3) is 0 Å². The normalized spacial score (nSPS) is 11.6. The monoisotopic (exact) mass is 612 g/mol. The number of rotatable bonds is 12. The smallest absolute Gasteiger partial charge is 0.206 e. The van der Waals surface area contributed by atoms with Crippen LogP contribution in [0.5, 0.6) is 11.5 Å². The Bertz CT molecular complexity index is 1950. The van der Waals surface area contributed by atoms with Crippen LogP contribution in [0.1, 0.15) is 53.2 Å². The number of benzene rings is 5. The topological polar surface area (TPSA) is 89.9 Å². The summed E-state index contributed by atoms with van der Waals surface area (Å²) in [6.45, 7) is 0.173. The molecule has 0 radical (unpaired) electrons. The van der Waals surface area contributed by atoms with E-state index in [9.17, 15) is 19.5 Å². The second-order valence-electron chi connectivity index (χ2n) is 10.4. The Labute approximate surface area is 264 Å². The molecule has 6 aromatic rings. The molecule has 1 heterocycles. The van der Waals surface area contributed by atoms with Crippen LogP contribution in [0.15, 0.2) is 133 Å². The van der Waals surface area contributed by atoms with Gasteiger partial charge in [-0.2, -0.15) is 0 Å². The van der Waals surface area contributed by atoms with Gasteiger partial charge in [-0.3, -0.25) is 14.4 Å². The Morgan fingerprint density at radius 1 is 0.644 bits per heavy atom. The number of carbonyl (C=O) groups excluding carboxylic acids is 3. The summed E-state index contributed by atoms with van der Waals surface area (Å²) in [7, 11) is 0. The lowest BCUT2D eigenvalue weighted by molar-refractivity contribution is 0.0747. The second kappa shape index (κ2) is 13.5. The van der Waals surface area contributed by atoms with Crippen LogP contribution in [0.3, 0.4) is 0 Å². The van der Waals surface area contributed by atoms with Crippen LogP contribution in [0.2, 0.25) is 0 Å². The maximum absolute atomic E-state index is 13.7. The molecule has 0 saturated heterocycles. The van der Waals surface area contributed by atoms with Crippen molar-refractivity contribution in [3.05, 3.63) is 166 Å². The Morgan fingerprint density at radius 2 is 1.27 bits per heavy atom. The Hall–Kier alpha value is -5.37. The number of aliphatic hydroxyl groups is 1. The van der Waals surface area contributed by atoms with Crippen molar-refractivity contribution in [3.63, 3.8) is 0 Å². The van der Waals surface area contributed by atoms with E-state index in [0.29, 0.717) is 45.2 Å². The third-order valence-electron chi connectivity index (χ3n) is 7.32. The largest absolute Gasteiger partial charge is 0.489 e. The second-order valence-corrected chi connectivity index (χ2v) is 11.4. The van der Waals surface area contributed by atoms with Crippen molar-refractivity contribution in [2.75, 3.05) is 6.61 Å². The minimum absolute atomic E-state index is 0.236. The van der Waals surface area contributed by atoms with Crippen LogP contribution in [0.4, 0.5) is 0 Å². The Morgan fingerprint density at radius 3 is 1.98 bits per heavy atom. The number of ether oxygens (including phenoxy) is 2. The molecule has 1 unspecified atom stereocenters. The van der Waals surface area contributed by atoms with Gasteiger partial charge in [-0.25, -0.2) is 0 Å². The summed E-state index contributed by atoms with van der Waals surface area (Å²) in [5, 5.41) is 11.4. The first-order chi connectivity index (χ1) is 22.0. The standard InChI is InChI=1S/C38H28O6S/c39-32(26-19-21-30(22-20-26)43-23-25-9-3-1-4-10-25)24-44-37-31-13-7-8-14-33(31)45-38(37)36(42)29-17-15-28(16-18-29)35(41)34(40)27-11-5-2-6-12-27/h1-22,35,41H,23-24H2. The van der Waals surface area contributed by atoms with Crippen LogP contribution in [0.25, 0.3) is 10.1 Å². The van der Waals surface area contributed by atoms with E-state index in [1.54, 1.807) is 78.9 Å². The lowest BCUT2D eigenvalue weighted by atomic mass is 9.98. The van der Waals surface area contributed by atoms with Gasteiger partial charge < -0.3 is 14.6 Å². The summed E-state index contributed by atoms with van der Waals surface area (Å²) in [6.07, 6.45) is -1.35. The zero-order chi connectivity index (χ0) is 31.2. The van der Waals surface area contributed by atoms with Gasteiger partial charge in [0.05, 0.1) is 0 Å². The number of fused-ring (bicyclic) bond motifs is 1. The van der Waals surface area contributed by atoms with E-state index < -0.39 is 11.9 Å². The number of thiophene rings is 1. The molecule has 7 heteroatoms. The van der Waals surface area contributed by atoms with E-state index >= 15 is 0 Å².